The number of nitrogens with one attached hydrogen (secondary N) is 1. The Hall–Kier alpha value is -1.10. The molecule has 4 nitrogen and oxygen atoms in total. The quantitative estimate of drug-likeness (QED) is 0.706. The second-order valence-corrected chi connectivity index (χ2v) is 6.04. The van der Waals surface area contributed by atoms with Crippen LogP contribution in [0, 0.1) is 0 Å². The van der Waals surface area contributed by atoms with Crippen LogP contribution in [0.1, 0.15) is 32.1 Å². The molecule has 0 bridgehead atoms. The Morgan fingerprint density at radius 3 is 2.80 bits per heavy atom. The Labute approximate surface area is 122 Å². The maximum Gasteiger partial charge on any atom is 0.118 e. The monoisotopic (exact) mass is 280 g/mol. The highest BCUT2D eigenvalue weighted by Crippen LogP contribution is 2.12. The molecule has 0 unspecified atom stereocenters. The molecule has 0 aromatic carbocycles. The van der Waals surface area contributed by atoms with Crippen molar-refractivity contribution in [3.8, 4) is 0 Å². The molecule has 20 heavy (non-hydrogen) atoms. The Morgan fingerprint density at radius 2 is 2.20 bits per heavy atom. The number of rotatable bonds is 9. The Morgan fingerprint density at radius 1 is 1.45 bits per heavy atom. The number of furan rings is 1. The first-order valence-electron chi connectivity index (χ1n) is 7.08. The summed E-state index contributed by atoms with van der Waals surface area (Å²) in [5.41, 5.74) is 1.30. The zero-order chi connectivity index (χ0) is 15.0. The van der Waals surface area contributed by atoms with Gasteiger partial charge in [0.15, 0.2) is 0 Å². The fraction of sp³-hybridized carbons (Fsp3) is 0.625. The van der Waals surface area contributed by atoms with Crippen LogP contribution in [0.3, 0.4) is 0 Å². The molecule has 1 aromatic rings. The molecule has 0 fully saturated rings. The summed E-state index contributed by atoms with van der Waals surface area (Å²) in [4.78, 5) is 2.25. The number of methoxy groups -OCH3 is 1. The molecule has 0 aliphatic heterocycles. The molecule has 0 radical (unpaired) electrons. The van der Waals surface area contributed by atoms with Gasteiger partial charge in [-0.15, -0.1) is 6.58 Å². The maximum atomic E-state index is 5.63. The van der Waals surface area contributed by atoms with Crippen LogP contribution in [-0.4, -0.2) is 37.2 Å². The summed E-state index contributed by atoms with van der Waals surface area (Å²) in [5.74, 6) is 0.980. The highest BCUT2D eigenvalue weighted by atomic mass is 16.5. The van der Waals surface area contributed by atoms with Crippen LogP contribution >= 0.6 is 0 Å². The molecule has 1 heterocycles. The fourth-order valence-electron chi connectivity index (χ4n) is 1.83. The number of hydrogen-bond acceptors (Lipinski definition) is 4. The van der Waals surface area contributed by atoms with Crippen molar-refractivity contribution in [2.24, 2.45) is 0 Å². The second-order valence-electron chi connectivity index (χ2n) is 6.04. The first-order chi connectivity index (χ1) is 9.44. The summed E-state index contributed by atoms with van der Waals surface area (Å²) in [6.07, 6.45) is 3.73. The SMILES string of the molecule is C=CCN(CCOC)Cc1cc(CNC(C)(C)C)co1. The zero-order valence-corrected chi connectivity index (χ0v) is 13.2. The number of ether oxygens (including phenoxy) is 1. The van der Waals surface area contributed by atoms with Crippen molar-refractivity contribution in [1.29, 1.82) is 0 Å². The summed E-state index contributed by atoms with van der Waals surface area (Å²) >= 11 is 0. The second kappa shape index (κ2) is 8.25. The van der Waals surface area contributed by atoms with E-state index < -0.39 is 0 Å². The molecule has 0 aliphatic carbocycles. The molecule has 1 aromatic heterocycles. The van der Waals surface area contributed by atoms with Crippen LogP contribution in [0.15, 0.2) is 29.4 Å². The van der Waals surface area contributed by atoms with Crippen LogP contribution in [0.5, 0.6) is 0 Å². The molecule has 1 N–H and O–H groups in total. The van der Waals surface area contributed by atoms with Gasteiger partial charge in [0, 0.05) is 37.8 Å². The molecule has 0 spiro atoms. The molecule has 4 heteroatoms. The van der Waals surface area contributed by atoms with E-state index in [-0.39, 0.29) is 5.54 Å². The van der Waals surface area contributed by atoms with Crippen LogP contribution < -0.4 is 5.32 Å². The molecule has 0 atom stereocenters. The Kier molecular flexibility index (Phi) is 6.99. The molecule has 1 rings (SSSR count). The van der Waals surface area contributed by atoms with E-state index in [0.717, 1.165) is 31.9 Å². The van der Waals surface area contributed by atoms with Gasteiger partial charge in [0.25, 0.3) is 0 Å². The van der Waals surface area contributed by atoms with Crippen molar-refractivity contribution >= 4 is 0 Å². The molecule has 0 aliphatic rings. The van der Waals surface area contributed by atoms with Gasteiger partial charge in [-0.1, -0.05) is 6.08 Å². The Balaban J connectivity index is 2.50. The molecule has 114 valence electrons. The first kappa shape index (κ1) is 17.0. The predicted octanol–water partition coefficient (Wildman–Crippen LogP) is 2.80. The normalized spacial score (nSPS) is 12.1. The lowest BCUT2D eigenvalue weighted by Crippen LogP contribution is -2.34. The van der Waals surface area contributed by atoms with Crippen molar-refractivity contribution in [3.05, 3.63) is 36.3 Å². The molecule has 0 saturated heterocycles. The van der Waals surface area contributed by atoms with Gasteiger partial charge in [0.1, 0.15) is 5.76 Å². The van der Waals surface area contributed by atoms with Crippen molar-refractivity contribution in [2.75, 3.05) is 26.8 Å². The lowest BCUT2D eigenvalue weighted by molar-refractivity contribution is 0.147. The highest BCUT2D eigenvalue weighted by Gasteiger charge is 2.11. The van der Waals surface area contributed by atoms with E-state index >= 15 is 0 Å². The van der Waals surface area contributed by atoms with Crippen LogP contribution in [-0.2, 0) is 17.8 Å². The van der Waals surface area contributed by atoms with Gasteiger partial charge < -0.3 is 14.5 Å². The number of nitrogens with zero attached hydrogens (tertiary/aromatic N) is 1. The maximum absolute atomic E-state index is 5.63. The summed E-state index contributed by atoms with van der Waals surface area (Å²) in [6, 6.07) is 2.11. The highest BCUT2D eigenvalue weighted by molar-refractivity contribution is 5.13. The summed E-state index contributed by atoms with van der Waals surface area (Å²) in [6.45, 7) is 14.3. The van der Waals surface area contributed by atoms with Crippen LogP contribution in [0.25, 0.3) is 0 Å². The van der Waals surface area contributed by atoms with E-state index in [0.29, 0.717) is 6.61 Å². The first-order valence-corrected chi connectivity index (χ1v) is 7.08. The minimum absolute atomic E-state index is 0.116. The van der Waals surface area contributed by atoms with Crippen LogP contribution in [0.4, 0.5) is 0 Å². The average Bonchev–Trinajstić information content (AvgIpc) is 2.81. The largest absolute Gasteiger partial charge is 0.468 e. The average molecular weight is 280 g/mol. The van der Waals surface area contributed by atoms with Crippen molar-refractivity contribution < 1.29 is 9.15 Å². The topological polar surface area (TPSA) is 37.6 Å². The molecular formula is C16H28N2O2. The summed E-state index contributed by atoms with van der Waals surface area (Å²) in [5, 5.41) is 3.45. The van der Waals surface area contributed by atoms with Gasteiger partial charge in [-0.25, -0.2) is 0 Å². The van der Waals surface area contributed by atoms with E-state index in [9.17, 15) is 0 Å². The van der Waals surface area contributed by atoms with Gasteiger partial charge in [0.05, 0.1) is 19.4 Å². The Bertz CT molecular complexity index is 393. The van der Waals surface area contributed by atoms with Gasteiger partial charge in [-0.05, 0) is 26.8 Å². The van der Waals surface area contributed by atoms with Gasteiger partial charge in [-0.2, -0.15) is 0 Å². The minimum Gasteiger partial charge on any atom is -0.468 e. The van der Waals surface area contributed by atoms with Crippen molar-refractivity contribution in [1.82, 2.24) is 10.2 Å². The third kappa shape index (κ3) is 6.89. The number of hydrogen-bond donors (Lipinski definition) is 1. The third-order valence-electron chi connectivity index (χ3n) is 2.91. The fourth-order valence-corrected chi connectivity index (χ4v) is 1.83. The van der Waals surface area contributed by atoms with E-state index in [1.54, 1.807) is 7.11 Å². The molecular weight excluding hydrogens is 252 g/mol. The van der Waals surface area contributed by atoms with Gasteiger partial charge in [-0.3, -0.25) is 4.90 Å². The minimum atomic E-state index is 0.116. The van der Waals surface area contributed by atoms with E-state index in [4.69, 9.17) is 9.15 Å². The van der Waals surface area contributed by atoms with Gasteiger partial charge >= 0.3 is 0 Å². The van der Waals surface area contributed by atoms with E-state index in [2.05, 4.69) is 43.6 Å². The summed E-state index contributed by atoms with van der Waals surface area (Å²) < 4.78 is 10.8. The standard InChI is InChI=1S/C16H28N2O2/c1-6-7-18(8-9-19-5)12-15-10-14(13-20-15)11-17-16(2,3)4/h6,10,13,17H,1,7-9,11-12H2,2-5H3. The summed E-state index contributed by atoms with van der Waals surface area (Å²) in [7, 11) is 1.72. The predicted molar refractivity (Wildman–Crippen MR) is 82.7 cm³/mol. The van der Waals surface area contributed by atoms with E-state index in [1.807, 2.05) is 12.3 Å². The van der Waals surface area contributed by atoms with Crippen LogP contribution in [0.2, 0.25) is 0 Å². The van der Waals surface area contributed by atoms with Crippen molar-refractivity contribution in [3.63, 3.8) is 0 Å². The smallest absolute Gasteiger partial charge is 0.118 e. The lowest BCUT2D eigenvalue weighted by Gasteiger charge is -2.19. The van der Waals surface area contributed by atoms with Crippen molar-refractivity contribution in [2.45, 2.75) is 39.4 Å². The van der Waals surface area contributed by atoms with E-state index in [1.165, 1.54) is 5.56 Å². The molecule has 0 saturated carbocycles. The zero-order valence-electron chi connectivity index (χ0n) is 13.2. The lowest BCUT2D eigenvalue weighted by atomic mass is 10.1. The van der Waals surface area contributed by atoms with Gasteiger partial charge in [0.2, 0.25) is 0 Å². The molecule has 0 amide bonds. The third-order valence-corrected chi connectivity index (χ3v) is 2.91.